The van der Waals surface area contributed by atoms with E-state index < -0.39 is 10.0 Å². The summed E-state index contributed by atoms with van der Waals surface area (Å²) in [5.41, 5.74) is 1.93. The van der Waals surface area contributed by atoms with Crippen molar-refractivity contribution in [2.24, 2.45) is 0 Å². The van der Waals surface area contributed by atoms with Gasteiger partial charge in [-0.2, -0.15) is 4.31 Å². The molecule has 0 amide bonds. The smallest absolute Gasteiger partial charge is 0.244 e. The topological polar surface area (TPSA) is 55.8 Å². The average molecular weight is 402 g/mol. The summed E-state index contributed by atoms with van der Waals surface area (Å²) in [4.78, 5) is 0.0579. The first kappa shape index (κ1) is 18.3. The predicted octanol–water partition coefficient (Wildman–Crippen LogP) is 3.76. The van der Waals surface area contributed by atoms with Gasteiger partial charge in [0.2, 0.25) is 10.0 Å². The summed E-state index contributed by atoms with van der Waals surface area (Å²) in [6.07, 6.45) is 0.583. The summed E-state index contributed by atoms with van der Waals surface area (Å²) in [5.74, 6) is 1.21. The Hall–Kier alpha value is -1.47. The van der Waals surface area contributed by atoms with Crippen molar-refractivity contribution in [2.75, 3.05) is 20.8 Å². The van der Waals surface area contributed by atoms with E-state index in [1.54, 1.807) is 14.2 Å². The molecule has 0 aliphatic carbocycles. The SMILES string of the molecule is COc1cc2c(cc1OC)CN(S(=O)(=O)c1ccc(Cl)cc1Cl)CC2. The molecule has 0 aromatic heterocycles. The normalized spacial score (nSPS) is 14.9. The maximum atomic E-state index is 12.9. The summed E-state index contributed by atoms with van der Waals surface area (Å²) in [5, 5.41) is 0.510. The molecule has 1 aliphatic rings. The monoisotopic (exact) mass is 401 g/mol. The molecule has 1 heterocycles. The van der Waals surface area contributed by atoms with Crippen molar-refractivity contribution in [3.63, 3.8) is 0 Å². The zero-order valence-corrected chi connectivity index (χ0v) is 16.1. The van der Waals surface area contributed by atoms with Crippen LogP contribution in [0.4, 0.5) is 0 Å². The number of methoxy groups -OCH3 is 2. The van der Waals surface area contributed by atoms with Crippen LogP contribution in [-0.4, -0.2) is 33.5 Å². The Bertz CT molecular complexity index is 915. The van der Waals surface area contributed by atoms with E-state index in [1.165, 1.54) is 22.5 Å². The minimum atomic E-state index is -3.72. The maximum Gasteiger partial charge on any atom is 0.244 e. The Labute approximate surface area is 157 Å². The molecule has 0 saturated heterocycles. The largest absolute Gasteiger partial charge is 0.493 e. The highest BCUT2D eigenvalue weighted by molar-refractivity contribution is 7.89. The molecule has 0 atom stereocenters. The lowest BCUT2D eigenvalue weighted by Gasteiger charge is -2.29. The first-order valence-electron chi connectivity index (χ1n) is 7.56. The summed E-state index contributed by atoms with van der Waals surface area (Å²) >= 11 is 12.0. The highest BCUT2D eigenvalue weighted by atomic mass is 35.5. The van der Waals surface area contributed by atoms with Crippen LogP contribution in [0.5, 0.6) is 11.5 Å². The van der Waals surface area contributed by atoms with Crippen LogP contribution in [0.3, 0.4) is 0 Å². The van der Waals surface area contributed by atoms with E-state index in [-0.39, 0.29) is 16.5 Å². The third-order valence-corrected chi connectivity index (χ3v) is 6.76. The highest BCUT2D eigenvalue weighted by Crippen LogP contribution is 2.35. The van der Waals surface area contributed by atoms with Crippen molar-refractivity contribution in [1.82, 2.24) is 4.31 Å². The quantitative estimate of drug-likeness (QED) is 0.782. The lowest BCUT2D eigenvalue weighted by atomic mass is 10.0. The van der Waals surface area contributed by atoms with Crippen molar-refractivity contribution in [3.05, 3.63) is 51.5 Å². The van der Waals surface area contributed by atoms with Crippen molar-refractivity contribution >= 4 is 33.2 Å². The predicted molar refractivity (Wildman–Crippen MR) is 97.3 cm³/mol. The molecule has 0 spiro atoms. The van der Waals surface area contributed by atoms with Gasteiger partial charge in [0, 0.05) is 18.1 Å². The molecule has 0 radical (unpaired) electrons. The number of fused-ring (bicyclic) bond motifs is 1. The molecule has 0 fully saturated rings. The number of rotatable bonds is 4. The number of benzene rings is 2. The summed E-state index contributed by atoms with van der Waals surface area (Å²) in [7, 11) is -0.590. The van der Waals surface area contributed by atoms with E-state index in [9.17, 15) is 8.42 Å². The standard InChI is InChI=1S/C17H17Cl2NO4S/c1-23-15-7-11-5-6-20(10-12(11)8-16(15)24-2)25(21,22)17-4-3-13(18)9-14(17)19/h3-4,7-9H,5-6,10H2,1-2H3. The molecule has 0 saturated carbocycles. The maximum absolute atomic E-state index is 12.9. The molecule has 25 heavy (non-hydrogen) atoms. The van der Waals surface area contributed by atoms with Gasteiger partial charge in [0.25, 0.3) is 0 Å². The second-order valence-corrected chi connectivity index (χ2v) is 8.39. The number of ether oxygens (including phenoxy) is 2. The molecule has 0 unspecified atom stereocenters. The Morgan fingerprint density at radius 2 is 1.64 bits per heavy atom. The van der Waals surface area contributed by atoms with Gasteiger partial charge in [-0.15, -0.1) is 0 Å². The zero-order valence-electron chi connectivity index (χ0n) is 13.8. The lowest BCUT2D eigenvalue weighted by Crippen LogP contribution is -2.36. The first-order chi connectivity index (χ1) is 11.9. The molecule has 2 aromatic rings. The van der Waals surface area contributed by atoms with E-state index in [2.05, 4.69) is 0 Å². The highest BCUT2D eigenvalue weighted by Gasteiger charge is 2.30. The summed E-state index contributed by atoms with van der Waals surface area (Å²) < 4.78 is 37.9. The zero-order chi connectivity index (χ0) is 18.2. The van der Waals surface area contributed by atoms with Crippen molar-refractivity contribution < 1.29 is 17.9 Å². The van der Waals surface area contributed by atoms with Crippen LogP contribution in [0.2, 0.25) is 10.0 Å². The summed E-state index contributed by atoms with van der Waals surface area (Å²) in [6, 6.07) is 8.10. The van der Waals surface area contributed by atoms with Gasteiger partial charge >= 0.3 is 0 Å². The fraction of sp³-hybridized carbons (Fsp3) is 0.294. The van der Waals surface area contributed by atoms with Gasteiger partial charge in [0.1, 0.15) is 4.90 Å². The van der Waals surface area contributed by atoms with E-state index in [4.69, 9.17) is 32.7 Å². The third kappa shape index (κ3) is 3.44. The van der Waals surface area contributed by atoms with Crippen LogP contribution >= 0.6 is 23.2 Å². The average Bonchev–Trinajstić information content (AvgIpc) is 2.59. The van der Waals surface area contributed by atoms with Crippen LogP contribution in [0.15, 0.2) is 35.2 Å². The molecule has 0 N–H and O–H groups in total. The van der Waals surface area contributed by atoms with Gasteiger partial charge in [-0.25, -0.2) is 8.42 Å². The molecule has 2 aromatic carbocycles. The van der Waals surface area contributed by atoms with Crippen molar-refractivity contribution in [3.8, 4) is 11.5 Å². The van der Waals surface area contributed by atoms with Crippen molar-refractivity contribution in [1.29, 1.82) is 0 Å². The van der Waals surface area contributed by atoms with E-state index in [0.717, 1.165) is 11.1 Å². The van der Waals surface area contributed by atoms with Gasteiger partial charge in [0.15, 0.2) is 11.5 Å². The Morgan fingerprint density at radius 1 is 1.00 bits per heavy atom. The third-order valence-electron chi connectivity index (χ3n) is 4.19. The number of halogens is 2. The molecule has 3 rings (SSSR count). The number of hydrogen-bond acceptors (Lipinski definition) is 4. The number of hydrogen-bond donors (Lipinski definition) is 0. The van der Waals surface area contributed by atoms with E-state index in [0.29, 0.717) is 29.5 Å². The second kappa shape index (κ2) is 7.03. The minimum Gasteiger partial charge on any atom is -0.493 e. The molecular formula is C17H17Cl2NO4S. The van der Waals surface area contributed by atoms with Gasteiger partial charge in [-0.05, 0) is 47.9 Å². The first-order valence-corrected chi connectivity index (χ1v) is 9.75. The second-order valence-electron chi connectivity index (χ2n) is 5.64. The Balaban J connectivity index is 1.96. The molecule has 0 bridgehead atoms. The number of nitrogens with zero attached hydrogens (tertiary/aromatic N) is 1. The minimum absolute atomic E-state index is 0.0579. The van der Waals surface area contributed by atoms with Crippen LogP contribution < -0.4 is 9.47 Å². The van der Waals surface area contributed by atoms with E-state index in [1.807, 2.05) is 12.1 Å². The molecule has 1 aliphatic heterocycles. The number of sulfonamides is 1. The molecule has 134 valence electrons. The molecule has 8 heteroatoms. The van der Waals surface area contributed by atoms with Gasteiger partial charge in [-0.1, -0.05) is 23.2 Å². The van der Waals surface area contributed by atoms with Crippen LogP contribution in [0, 0.1) is 0 Å². The van der Waals surface area contributed by atoms with Crippen LogP contribution in [0.1, 0.15) is 11.1 Å². The fourth-order valence-electron chi connectivity index (χ4n) is 2.89. The van der Waals surface area contributed by atoms with Crippen LogP contribution in [0.25, 0.3) is 0 Å². The summed E-state index contributed by atoms with van der Waals surface area (Å²) in [6.45, 7) is 0.612. The Kier molecular flexibility index (Phi) is 5.16. The Morgan fingerprint density at radius 3 is 2.24 bits per heavy atom. The van der Waals surface area contributed by atoms with Gasteiger partial charge < -0.3 is 9.47 Å². The molecule has 5 nitrogen and oxygen atoms in total. The van der Waals surface area contributed by atoms with Crippen LogP contribution in [-0.2, 0) is 23.0 Å². The van der Waals surface area contributed by atoms with Gasteiger partial charge in [-0.3, -0.25) is 0 Å². The fourth-order valence-corrected chi connectivity index (χ4v) is 5.05. The van der Waals surface area contributed by atoms with Gasteiger partial charge in [0.05, 0.1) is 19.2 Å². The van der Waals surface area contributed by atoms with Crippen molar-refractivity contribution in [2.45, 2.75) is 17.9 Å². The molecular weight excluding hydrogens is 385 g/mol. The van der Waals surface area contributed by atoms with E-state index >= 15 is 0 Å². The lowest BCUT2D eigenvalue weighted by molar-refractivity contribution is 0.348.